The van der Waals surface area contributed by atoms with Crippen LogP contribution in [0.3, 0.4) is 0 Å². The summed E-state index contributed by atoms with van der Waals surface area (Å²) in [7, 11) is 0. The number of hydrogen-bond donors (Lipinski definition) is 0. The molecule has 1 unspecified atom stereocenters. The second-order valence-corrected chi connectivity index (χ2v) is 3.76. The molecular formula is C7H12N4OS. The quantitative estimate of drug-likeness (QED) is 0.668. The molecule has 0 saturated carbocycles. The summed E-state index contributed by atoms with van der Waals surface area (Å²) in [6.45, 7) is 1.66. The van der Waals surface area contributed by atoms with Crippen LogP contribution in [0.2, 0.25) is 0 Å². The maximum Gasteiger partial charge on any atom is 0.209 e. The zero-order valence-electron chi connectivity index (χ0n) is 7.51. The summed E-state index contributed by atoms with van der Waals surface area (Å²) < 4.78 is 7.31. The van der Waals surface area contributed by atoms with E-state index in [1.165, 1.54) is 0 Å². The summed E-state index contributed by atoms with van der Waals surface area (Å²) in [6.07, 6.45) is 4.54. The number of rotatable bonds is 3. The van der Waals surface area contributed by atoms with Crippen LogP contribution < -0.4 is 0 Å². The molecule has 1 aromatic heterocycles. The van der Waals surface area contributed by atoms with Crippen molar-refractivity contribution in [3.8, 4) is 0 Å². The second-order valence-electron chi connectivity index (χ2n) is 2.98. The Morgan fingerprint density at radius 2 is 2.62 bits per heavy atom. The van der Waals surface area contributed by atoms with Crippen molar-refractivity contribution in [1.29, 1.82) is 0 Å². The minimum absolute atomic E-state index is 0.300. The van der Waals surface area contributed by atoms with Crippen molar-refractivity contribution < 1.29 is 4.74 Å². The monoisotopic (exact) mass is 200 g/mol. The Labute approximate surface area is 80.8 Å². The van der Waals surface area contributed by atoms with Crippen LogP contribution in [0, 0.1) is 0 Å². The van der Waals surface area contributed by atoms with E-state index >= 15 is 0 Å². The highest BCUT2D eigenvalue weighted by molar-refractivity contribution is 7.98. The van der Waals surface area contributed by atoms with E-state index in [-0.39, 0.29) is 0 Å². The summed E-state index contributed by atoms with van der Waals surface area (Å²) in [5.74, 6) is 0. The van der Waals surface area contributed by atoms with Gasteiger partial charge in [-0.15, -0.1) is 5.10 Å². The highest BCUT2D eigenvalue weighted by atomic mass is 32.2. The Hall–Kier alpha value is -0.620. The van der Waals surface area contributed by atoms with Crippen molar-refractivity contribution >= 4 is 11.8 Å². The lowest BCUT2D eigenvalue weighted by atomic mass is 10.2. The van der Waals surface area contributed by atoms with Gasteiger partial charge in [-0.25, -0.2) is 4.68 Å². The molecule has 2 heterocycles. The third-order valence-electron chi connectivity index (χ3n) is 2.08. The van der Waals surface area contributed by atoms with Gasteiger partial charge < -0.3 is 4.74 Å². The first-order chi connectivity index (χ1) is 6.40. The molecule has 5 nitrogen and oxygen atoms in total. The first-order valence-electron chi connectivity index (χ1n) is 4.32. The topological polar surface area (TPSA) is 52.8 Å². The summed E-state index contributed by atoms with van der Waals surface area (Å²) in [5, 5.41) is 12.3. The van der Waals surface area contributed by atoms with Crippen LogP contribution >= 0.6 is 11.8 Å². The molecule has 0 aliphatic carbocycles. The molecule has 2 rings (SSSR count). The number of thioether (sulfide) groups is 1. The zero-order valence-corrected chi connectivity index (χ0v) is 8.33. The summed E-state index contributed by atoms with van der Waals surface area (Å²) in [5.41, 5.74) is 0. The van der Waals surface area contributed by atoms with Gasteiger partial charge >= 0.3 is 0 Å². The Morgan fingerprint density at radius 1 is 1.69 bits per heavy atom. The molecule has 1 aromatic rings. The maximum atomic E-state index is 5.50. The standard InChI is InChI=1S/C7H12N4OS/c1-13-7-8-9-10-11(7)5-6-3-2-4-12-6/h6H,2-5H2,1H3. The highest BCUT2D eigenvalue weighted by Crippen LogP contribution is 2.16. The lowest BCUT2D eigenvalue weighted by molar-refractivity contribution is 0.0912. The van der Waals surface area contributed by atoms with E-state index in [0.29, 0.717) is 6.10 Å². The van der Waals surface area contributed by atoms with Gasteiger partial charge in [-0.1, -0.05) is 11.8 Å². The van der Waals surface area contributed by atoms with E-state index < -0.39 is 0 Å². The SMILES string of the molecule is CSc1nnnn1CC1CCCO1. The van der Waals surface area contributed by atoms with Crippen LogP contribution in [-0.2, 0) is 11.3 Å². The number of nitrogens with zero attached hydrogens (tertiary/aromatic N) is 4. The average molecular weight is 200 g/mol. The van der Waals surface area contributed by atoms with Gasteiger partial charge in [0.2, 0.25) is 5.16 Å². The third kappa shape index (κ3) is 2.00. The van der Waals surface area contributed by atoms with Gasteiger partial charge in [0.1, 0.15) is 0 Å². The summed E-state index contributed by atoms with van der Waals surface area (Å²) >= 11 is 1.56. The van der Waals surface area contributed by atoms with Gasteiger partial charge in [0.15, 0.2) is 0 Å². The van der Waals surface area contributed by atoms with Gasteiger partial charge in [-0.2, -0.15) is 0 Å². The molecule has 0 amide bonds. The van der Waals surface area contributed by atoms with Gasteiger partial charge in [0.05, 0.1) is 12.6 Å². The molecule has 1 atom stereocenters. The number of hydrogen-bond acceptors (Lipinski definition) is 5. The van der Waals surface area contributed by atoms with Crippen LogP contribution in [-0.4, -0.2) is 39.2 Å². The molecule has 0 radical (unpaired) electrons. The van der Waals surface area contributed by atoms with Crippen molar-refractivity contribution in [2.45, 2.75) is 30.6 Å². The van der Waals surface area contributed by atoms with Gasteiger partial charge in [0, 0.05) is 6.61 Å². The molecule has 1 aliphatic heterocycles. The highest BCUT2D eigenvalue weighted by Gasteiger charge is 2.18. The minimum atomic E-state index is 0.300. The first-order valence-corrected chi connectivity index (χ1v) is 5.54. The predicted octanol–water partition coefficient (Wildman–Crippen LogP) is 0.574. The van der Waals surface area contributed by atoms with Crippen molar-refractivity contribution in [3.63, 3.8) is 0 Å². The average Bonchev–Trinajstić information content (AvgIpc) is 2.76. The Bertz CT molecular complexity index is 271. The Morgan fingerprint density at radius 3 is 3.31 bits per heavy atom. The molecular weight excluding hydrogens is 188 g/mol. The van der Waals surface area contributed by atoms with E-state index in [9.17, 15) is 0 Å². The predicted molar refractivity (Wildman–Crippen MR) is 48.6 cm³/mol. The smallest absolute Gasteiger partial charge is 0.209 e. The third-order valence-corrected chi connectivity index (χ3v) is 2.74. The van der Waals surface area contributed by atoms with Gasteiger partial charge in [-0.05, 0) is 29.5 Å². The zero-order chi connectivity index (χ0) is 9.10. The van der Waals surface area contributed by atoms with Crippen molar-refractivity contribution in [1.82, 2.24) is 20.2 Å². The number of ether oxygens (including phenoxy) is 1. The Kier molecular flexibility index (Phi) is 2.80. The van der Waals surface area contributed by atoms with Crippen LogP contribution in [0.25, 0.3) is 0 Å². The first kappa shape index (κ1) is 8.96. The minimum Gasteiger partial charge on any atom is -0.376 e. The normalized spacial score (nSPS) is 22.4. The lowest BCUT2D eigenvalue weighted by Crippen LogP contribution is -2.16. The second kappa shape index (κ2) is 4.06. The molecule has 0 aromatic carbocycles. The molecule has 1 saturated heterocycles. The van der Waals surface area contributed by atoms with E-state index in [1.807, 2.05) is 6.26 Å². The van der Waals surface area contributed by atoms with E-state index in [1.54, 1.807) is 16.4 Å². The maximum absolute atomic E-state index is 5.50. The van der Waals surface area contributed by atoms with Crippen LogP contribution in [0.4, 0.5) is 0 Å². The summed E-state index contributed by atoms with van der Waals surface area (Å²) in [6, 6.07) is 0. The molecule has 0 N–H and O–H groups in total. The fourth-order valence-electron chi connectivity index (χ4n) is 1.44. The fourth-order valence-corrected chi connectivity index (χ4v) is 1.88. The Balaban J connectivity index is 1.99. The van der Waals surface area contributed by atoms with E-state index in [2.05, 4.69) is 15.5 Å². The molecule has 13 heavy (non-hydrogen) atoms. The molecule has 1 fully saturated rings. The van der Waals surface area contributed by atoms with Crippen molar-refractivity contribution in [2.75, 3.05) is 12.9 Å². The largest absolute Gasteiger partial charge is 0.376 e. The van der Waals surface area contributed by atoms with Crippen molar-refractivity contribution in [3.05, 3.63) is 0 Å². The lowest BCUT2D eigenvalue weighted by Gasteiger charge is -2.08. The molecule has 0 spiro atoms. The molecule has 0 bridgehead atoms. The number of aromatic nitrogens is 4. The molecule has 72 valence electrons. The molecule has 1 aliphatic rings. The van der Waals surface area contributed by atoms with E-state index in [0.717, 1.165) is 31.1 Å². The fraction of sp³-hybridized carbons (Fsp3) is 0.857. The van der Waals surface area contributed by atoms with Crippen LogP contribution in [0.15, 0.2) is 5.16 Å². The van der Waals surface area contributed by atoms with Crippen molar-refractivity contribution in [2.24, 2.45) is 0 Å². The summed E-state index contributed by atoms with van der Waals surface area (Å²) in [4.78, 5) is 0. The molecule has 6 heteroatoms. The van der Waals surface area contributed by atoms with Gasteiger partial charge in [-0.3, -0.25) is 0 Å². The van der Waals surface area contributed by atoms with Crippen LogP contribution in [0.5, 0.6) is 0 Å². The van der Waals surface area contributed by atoms with E-state index in [4.69, 9.17) is 4.74 Å². The van der Waals surface area contributed by atoms with Gasteiger partial charge in [0.25, 0.3) is 0 Å². The van der Waals surface area contributed by atoms with Crippen LogP contribution in [0.1, 0.15) is 12.8 Å². The number of tetrazole rings is 1.